The molecule has 0 unspecified atom stereocenters. The quantitative estimate of drug-likeness (QED) is 0.603. The number of aromatic amines is 1. The smallest absolute Gasteiger partial charge is 0.224 e. The second-order valence-electron chi connectivity index (χ2n) is 7.36. The zero-order chi connectivity index (χ0) is 19.5. The number of nitrogens with one attached hydrogen (secondary N) is 1. The zero-order valence-corrected chi connectivity index (χ0v) is 16.8. The maximum atomic E-state index is 13.0. The number of carbonyl (C=O) groups is 1. The van der Waals surface area contributed by atoms with Crippen LogP contribution in [0.15, 0.2) is 54.6 Å². The minimum Gasteiger partial charge on any atom is -0.335 e. The summed E-state index contributed by atoms with van der Waals surface area (Å²) >= 11 is 5.41. The fourth-order valence-corrected chi connectivity index (χ4v) is 3.69. The molecule has 0 spiro atoms. The first kappa shape index (κ1) is 18.6. The summed E-state index contributed by atoms with van der Waals surface area (Å²) in [7, 11) is 0. The van der Waals surface area contributed by atoms with Gasteiger partial charge >= 0.3 is 0 Å². The molecule has 1 amide bonds. The second kappa shape index (κ2) is 8.10. The zero-order valence-electron chi connectivity index (χ0n) is 16.0. The summed E-state index contributed by atoms with van der Waals surface area (Å²) in [4.78, 5) is 15.0. The molecule has 1 heterocycles. The number of hydrogen-bond acceptors (Lipinski definition) is 3. The summed E-state index contributed by atoms with van der Waals surface area (Å²) < 4.78 is 2.47. The molecule has 0 aliphatic heterocycles. The van der Waals surface area contributed by atoms with Gasteiger partial charge in [0.1, 0.15) is 0 Å². The molecule has 5 nitrogen and oxygen atoms in total. The van der Waals surface area contributed by atoms with E-state index >= 15 is 0 Å². The van der Waals surface area contributed by atoms with Gasteiger partial charge in [-0.05, 0) is 43.6 Å². The summed E-state index contributed by atoms with van der Waals surface area (Å²) in [6.45, 7) is 3.25. The average Bonchev–Trinajstić information content (AvgIpc) is 3.47. The lowest BCUT2D eigenvalue weighted by Gasteiger charge is -2.23. The lowest BCUT2D eigenvalue weighted by Crippen LogP contribution is -2.33. The Morgan fingerprint density at radius 1 is 1.21 bits per heavy atom. The molecule has 1 aromatic heterocycles. The molecule has 2 aromatic carbocycles. The first-order chi connectivity index (χ1) is 13.6. The molecule has 1 fully saturated rings. The molecule has 28 heavy (non-hydrogen) atoms. The van der Waals surface area contributed by atoms with Gasteiger partial charge in [0.05, 0.1) is 0 Å². The van der Waals surface area contributed by atoms with E-state index < -0.39 is 0 Å². The Kier molecular flexibility index (Phi) is 5.39. The molecule has 0 saturated heterocycles. The van der Waals surface area contributed by atoms with E-state index in [1.165, 1.54) is 5.56 Å². The Hall–Kier alpha value is -2.73. The summed E-state index contributed by atoms with van der Waals surface area (Å²) in [5.41, 5.74) is 3.34. The third-order valence-corrected chi connectivity index (χ3v) is 5.40. The van der Waals surface area contributed by atoms with Gasteiger partial charge in [-0.1, -0.05) is 54.1 Å². The Labute approximate surface area is 170 Å². The van der Waals surface area contributed by atoms with Gasteiger partial charge in [0.15, 0.2) is 10.6 Å². The van der Waals surface area contributed by atoms with Crippen LogP contribution in [0.4, 0.5) is 0 Å². The fourth-order valence-electron chi connectivity index (χ4n) is 3.47. The van der Waals surface area contributed by atoms with E-state index in [4.69, 9.17) is 12.2 Å². The second-order valence-corrected chi connectivity index (χ2v) is 7.75. The number of nitrogens with zero attached hydrogens (tertiary/aromatic N) is 3. The number of rotatable bonds is 7. The molecule has 1 N–H and O–H groups in total. The van der Waals surface area contributed by atoms with Gasteiger partial charge < -0.3 is 4.90 Å². The maximum absolute atomic E-state index is 13.0. The number of hydrogen-bond donors (Lipinski definition) is 1. The van der Waals surface area contributed by atoms with Gasteiger partial charge in [-0.15, -0.1) is 0 Å². The minimum atomic E-state index is 0.171. The first-order valence-corrected chi connectivity index (χ1v) is 10.1. The topological polar surface area (TPSA) is 53.9 Å². The molecule has 3 aromatic rings. The predicted molar refractivity (Wildman–Crippen MR) is 112 cm³/mol. The van der Waals surface area contributed by atoms with Crippen LogP contribution >= 0.6 is 12.2 Å². The number of aromatic nitrogens is 3. The Bertz CT molecular complexity index is 1020. The predicted octanol–water partition coefficient (Wildman–Crippen LogP) is 4.50. The highest BCUT2D eigenvalue weighted by Crippen LogP contribution is 2.29. The molecule has 1 aliphatic rings. The van der Waals surface area contributed by atoms with E-state index in [1.54, 1.807) is 0 Å². The average molecular weight is 393 g/mol. The highest BCUT2D eigenvalue weighted by Gasteiger charge is 2.32. The number of aryl methyl sites for hydroxylation is 1. The van der Waals surface area contributed by atoms with E-state index in [0.717, 1.165) is 29.8 Å². The lowest BCUT2D eigenvalue weighted by atomic mass is 10.1. The van der Waals surface area contributed by atoms with Gasteiger partial charge in [-0.2, -0.15) is 5.10 Å². The number of benzene rings is 2. The van der Waals surface area contributed by atoms with Crippen molar-refractivity contribution in [2.45, 2.75) is 45.3 Å². The lowest BCUT2D eigenvalue weighted by molar-refractivity contribution is -0.132. The van der Waals surface area contributed by atoms with Crippen LogP contribution in [0.5, 0.6) is 0 Å². The highest BCUT2D eigenvalue weighted by molar-refractivity contribution is 7.71. The standard InChI is InChI=1S/C22H24N4OS/c1-16-6-5-9-18(14-16)21-23-24-22(28)25(21)13-12-20(27)26(19-10-11-19)15-17-7-3-2-4-8-17/h2-9,14,19H,10-13,15H2,1H3,(H,24,28). The van der Waals surface area contributed by atoms with Crippen molar-refractivity contribution in [1.29, 1.82) is 0 Å². The first-order valence-electron chi connectivity index (χ1n) is 9.67. The SMILES string of the molecule is Cc1cccc(-c2n[nH]c(=S)n2CCC(=O)N(Cc2ccccc2)C2CC2)c1. The molecule has 1 saturated carbocycles. The monoisotopic (exact) mass is 392 g/mol. The summed E-state index contributed by atoms with van der Waals surface area (Å²) in [6, 6.07) is 18.7. The van der Waals surface area contributed by atoms with Crippen molar-refractivity contribution in [2.75, 3.05) is 0 Å². The van der Waals surface area contributed by atoms with Crippen LogP contribution in [0, 0.1) is 11.7 Å². The molecular formula is C22H24N4OS. The van der Waals surface area contributed by atoms with E-state index in [-0.39, 0.29) is 5.91 Å². The fraction of sp³-hybridized carbons (Fsp3) is 0.318. The van der Waals surface area contributed by atoms with Crippen molar-refractivity contribution < 1.29 is 4.79 Å². The largest absolute Gasteiger partial charge is 0.335 e. The number of carbonyl (C=O) groups excluding carboxylic acids is 1. The summed E-state index contributed by atoms with van der Waals surface area (Å²) in [5, 5.41) is 7.26. The van der Waals surface area contributed by atoms with Crippen LogP contribution in [0.25, 0.3) is 11.4 Å². The Balaban J connectivity index is 1.49. The third-order valence-electron chi connectivity index (χ3n) is 5.09. The third kappa shape index (κ3) is 4.22. The van der Waals surface area contributed by atoms with Gasteiger partial charge in [-0.3, -0.25) is 14.5 Å². The molecule has 144 valence electrons. The van der Waals surface area contributed by atoms with Crippen molar-refractivity contribution in [3.63, 3.8) is 0 Å². The maximum Gasteiger partial charge on any atom is 0.224 e. The van der Waals surface area contributed by atoms with Crippen molar-refractivity contribution in [3.05, 3.63) is 70.5 Å². The van der Waals surface area contributed by atoms with Crippen molar-refractivity contribution >= 4 is 18.1 Å². The molecule has 0 atom stereocenters. The Morgan fingerprint density at radius 2 is 2.00 bits per heavy atom. The van der Waals surface area contributed by atoms with E-state index in [1.807, 2.05) is 39.8 Å². The van der Waals surface area contributed by atoms with Gasteiger partial charge in [-0.25, -0.2) is 0 Å². The van der Waals surface area contributed by atoms with Crippen LogP contribution in [0.1, 0.15) is 30.4 Å². The van der Waals surface area contributed by atoms with E-state index in [0.29, 0.717) is 30.3 Å². The van der Waals surface area contributed by atoms with Crippen molar-refractivity contribution in [1.82, 2.24) is 19.7 Å². The number of amides is 1. The van der Waals surface area contributed by atoms with E-state index in [9.17, 15) is 4.79 Å². The molecular weight excluding hydrogens is 368 g/mol. The number of H-pyrrole nitrogens is 1. The normalized spacial score (nSPS) is 13.5. The molecule has 0 bridgehead atoms. The summed E-state index contributed by atoms with van der Waals surface area (Å²) in [5.74, 6) is 0.951. The van der Waals surface area contributed by atoms with Crippen LogP contribution in [-0.2, 0) is 17.9 Å². The van der Waals surface area contributed by atoms with Crippen LogP contribution < -0.4 is 0 Å². The van der Waals surface area contributed by atoms with Crippen LogP contribution in [-0.4, -0.2) is 31.6 Å². The van der Waals surface area contributed by atoms with Gasteiger partial charge in [0, 0.05) is 31.1 Å². The molecule has 6 heteroatoms. The summed E-state index contributed by atoms with van der Waals surface area (Å²) in [6.07, 6.45) is 2.60. The van der Waals surface area contributed by atoms with Crippen LogP contribution in [0.2, 0.25) is 0 Å². The van der Waals surface area contributed by atoms with E-state index in [2.05, 4.69) is 41.4 Å². The van der Waals surface area contributed by atoms with Gasteiger partial charge in [0.25, 0.3) is 0 Å². The van der Waals surface area contributed by atoms with Gasteiger partial charge in [0.2, 0.25) is 5.91 Å². The van der Waals surface area contributed by atoms with Crippen molar-refractivity contribution in [3.8, 4) is 11.4 Å². The van der Waals surface area contributed by atoms with Crippen molar-refractivity contribution in [2.24, 2.45) is 0 Å². The molecule has 1 aliphatic carbocycles. The van der Waals surface area contributed by atoms with Crippen LogP contribution in [0.3, 0.4) is 0 Å². The Morgan fingerprint density at radius 3 is 2.71 bits per heavy atom. The highest BCUT2D eigenvalue weighted by atomic mass is 32.1. The minimum absolute atomic E-state index is 0.171. The molecule has 4 rings (SSSR count). The molecule has 0 radical (unpaired) electrons.